The molecule has 168 valence electrons. The van der Waals surface area contributed by atoms with E-state index in [9.17, 15) is 26.4 Å². The molecule has 2 saturated carbocycles. The summed E-state index contributed by atoms with van der Waals surface area (Å²) in [5, 5.41) is 2.59. The minimum atomic E-state index is -4.52. The smallest absolute Gasteiger partial charge is 0.351 e. The van der Waals surface area contributed by atoms with Crippen LogP contribution in [0.25, 0.3) is 0 Å². The largest absolute Gasteiger partial charge is 0.416 e. The molecule has 0 aliphatic heterocycles. The molecule has 1 aromatic carbocycles. The monoisotopic (exact) mass is 465 g/mol. The van der Waals surface area contributed by atoms with Crippen LogP contribution in [-0.2, 0) is 16.0 Å². The number of rotatable bonds is 9. The zero-order valence-electron chi connectivity index (χ0n) is 16.9. The Labute approximate surface area is 180 Å². The molecule has 0 aromatic heterocycles. The average Bonchev–Trinajstić information content (AvgIpc) is 3.40. The summed E-state index contributed by atoms with van der Waals surface area (Å²) in [6, 6.07) is 2.70. The number of hydrogen-bond acceptors (Lipinski definition) is 3. The summed E-state index contributed by atoms with van der Waals surface area (Å²) in [7, 11) is -3.05. The summed E-state index contributed by atoms with van der Waals surface area (Å²) in [6.07, 6.45) is 0.815. The summed E-state index contributed by atoms with van der Waals surface area (Å²) in [5.41, 5.74) is -1.03. The second-order valence-corrected chi connectivity index (χ2v) is 11.5. The van der Waals surface area contributed by atoms with Crippen molar-refractivity contribution >= 4 is 27.3 Å². The Morgan fingerprint density at radius 1 is 1.23 bits per heavy atom. The SMILES string of the molecule is CCCS(=O)(=O)C[C@H]1C[C@@](CNC(=O)c2ccc(C(F)(F)F)cc2Cl)(CC2CC2)C1. The minimum absolute atomic E-state index is 0.00707. The fraction of sp³-hybridized carbons (Fsp3) is 0.667. The van der Waals surface area contributed by atoms with Crippen LogP contribution in [0.1, 0.15) is 61.4 Å². The number of carbonyl (C=O) groups is 1. The summed E-state index contributed by atoms with van der Waals surface area (Å²) in [6.45, 7) is 2.22. The molecular weight excluding hydrogens is 439 g/mol. The van der Waals surface area contributed by atoms with Crippen molar-refractivity contribution in [3.63, 3.8) is 0 Å². The molecule has 9 heteroatoms. The summed E-state index contributed by atoms with van der Waals surface area (Å²) in [4.78, 5) is 12.5. The molecule has 0 atom stereocenters. The summed E-state index contributed by atoms with van der Waals surface area (Å²) < 4.78 is 62.6. The quantitative estimate of drug-likeness (QED) is 0.551. The van der Waals surface area contributed by atoms with Crippen molar-refractivity contribution in [3.05, 3.63) is 34.3 Å². The Bertz CT molecular complexity index is 891. The van der Waals surface area contributed by atoms with Gasteiger partial charge in [0.1, 0.15) is 0 Å². The molecule has 30 heavy (non-hydrogen) atoms. The van der Waals surface area contributed by atoms with Gasteiger partial charge in [0.05, 0.1) is 21.9 Å². The first kappa shape index (κ1) is 23.4. The number of alkyl halides is 3. The van der Waals surface area contributed by atoms with E-state index < -0.39 is 27.5 Å². The maximum absolute atomic E-state index is 12.8. The Morgan fingerprint density at radius 3 is 2.43 bits per heavy atom. The van der Waals surface area contributed by atoms with Gasteiger partial charge in [-0.2, -0.15) is 13.2 Å². The number of amides is 1. The topological polar surface area (TPSA) is 63.2 Å². The maximum Gasteiger partial charge on any atom is 0.416 e. The van der Waals surface area contributed by atoms with Gasteiger partial charge in [-0.1, -0.05) is 31.4 Å². The van der Waals surface area contributed by atoms with E-state index in [2.05, 4.69) is 5.32 Å². The van der Waals surface area contributed by atoms with Crippen LogP contribution in [0.5, 0.6) is 0 Å². The lowest BCUT2D eigenvalue weighted by atomic mass is 9.60. The molecule has 4 nitrogen and oxygen atoms in total. The van der Waals surface area contributed by atoms with Gasteiger partial charge < -0.3 is 5.32 Å². The Morgan fingerprint density at radius 2 is 1.90 bits per heavy atom. The molecule has 0 unspecified atom stereocenters. The number of carbonyl (C=O) groups excluding carboxylic acids is 1. The number of benzene rings is 1. The van der Waals surface area contributed by atoms with Gasteiger partial charge in [-0.3, -0.25) is 4.79 Å². The molecule has 0 radical (unpaired) electrons. The van der Waals surface area contributed by atoms with Crippen LogP contribution in [-0.4, -0.2) is 32.4 Å². The van der Waals surface area contributed by atoms with Crippen molar-refractivity contribution in [1.29, 1.82) is 0 Å². The maximum atomic E-state index is 12.8. The van der Waals surface area contributed by atoms with Crippen LogP contribution in [0, 0.1) is 17.3 Å². The zero-order chi connectivity index (χ0) is 22.2. The molecule has 0 saturated heterocycles. The highest BCUT2D eigenvalue weighted by molar-refractivity contribution is 7.91. The van der Waals surface area contributed by atoms with Gasteiger partial charge in [-0.05, 0) is 61.1 Å². The highest BCUT2D eigenvalue weighted by Gasteiger charge is 2.48. The molecule has 0 bridgehead atoms. The third kappa shape index (κ3) is 5.90. The van der Waals surface area contributed by atoms with Crippen molar-refractivity contribution in [2.24, 2.45) is 17.3 Å². The van der Waals surface area contributed by atoms with E-state index >= 15 is 0 Å². The molecule has 1 amide bonds. The number of nitrogens with one attached hydrogen (secondary N) is 1. The minimum Gasteiger partial charge on any atom is -0.351 e. The van der Waals surface area contributed by atoms with E-state index in [-0.39, 0.29) is 33.4 Å². The van der Waals surface area contributed by atoms with Gasteiger partial charge in [0, 0.05) is 12.3 Å². The first-order valence-corrected chi connectivity index (χ1v) is 12.5. The second kappa shape index (κ2) is 8.69. The summed E-state index contributed by atoms with van der Waals surface area (Å²) in [5.74, 6) is 0.594. The van der Waals surface area contributed by atoms with Gasteiger partial charge >= 0.3 is 6.18 Å². The van der Waals surface area contributed by atoms with E-state index in [1.165, 1.54) is 0 Å². The lowest BCUT2D eigenvalue weighted by Gasteiger charge is -2.48. The molecule has 2 aliphatic rings. The molecule has 0 spiro atoms. The molecule has 1 N–H and O–H groups in total. The fourth-order valence-electron chi connectivity index (χ4n) is 4.59. The highest BCUT2D eigenvalue weighted by atomic mass is 35.5. The van der Waals surface area contributed by atoms with Gasteiger partial charge in [-0.25, -0.2) is 8.42 Å². The van der Waals surface area contributed by atoms with Crippen molar-refractivity contribution in [1.82, 2.24) is 5.32 Å². The van der Waals surface area contributed by atoms with Gasteiger partial charge in [0.2, 0.25) is 0 Å². The van der Waals surface area contributed by atoms with Crippen LogP contribution < -0.4 is 5.32 Å². The van der Waals surface area contributed by atoms with E-state index in [1.54, 1.807) is 0 Å². The normalized spacial score (nSPS) is 24.4. The standard InChI is InChI=1S/C21H27ClF3NO3S/c1-2-7-30(28,29)12-15-10-20(11-15,9-14-3-4-14)13-26-19(27)17-6-5-16(8-18(17)22)21(23,24)25/h5-6,8,14-15H,2-4,7,9-13H2,1H3,(H,26,27)/t15-,20-. The number of sulfone groups is 1. The van der Waals surface area contributed by atoms with Gasteiger partial charge in [0.25, 0.3) is 5.91 Å². The second-order valence-electron chi connectivity index (χ2n) is 8.91. The van der Waals surface area contributed by atoms with Crippen molar-refractivity contribution in [2.45, 2.75) is 51.6 Å². The van der Waals surface area contributed by atoms with E-state index in [0.717, 1.165) is 50.3 Å². The zero-order valence-corrected chi connectivity index (χ0v) is 18.5. The van der Waals surface area contributed by atoms with Crippen LogP contribution in [0.2, 0.25) is 5.02 Å². The van der Waals surface area contributed by atoms with E-state index in [4.69, 9.17) is 11.6 Å². The lowest BCUT2D eigenvalue weighted by Crippen LogP contribution is -2.48. The van der Waals surface area contributed by atoms with Crippen LogP contribution in [0.15, 0.2) is 18.2 Å². The summed E-state index contributed by atoms with van der Waals surface area (Å²) >= 11 is 5.92. The predicted octanol–water partition coefficient (Wildman–Crippen LogP) is 5.11. The van der Waals surface area contributed by atoms with E-state index in [1.807, 2.05) is 6.92 Å². The third-order valence-corrected chi connectivity index (χ3v) is 8.35. The van der Waals surface area contributed by atoms with E-state index in [0.29, 0.717) is 18.9 Å². The molecule has 0 heterocycles. The van der Waals surface area contributed by atoms with Crippen molar-refractivity contribution in [3.8, 4) is 0 Å². The van der Waals surface area contributed by atoms with Gasteiger partial charge in [0.15, 0.2) is 9.84 Å². The average molecular weight is 466 g/mol. The first-order valence-electron chi connectivity index (χ1n) is 10.3. The molecule has 2 aliphatic carbocycles. The predicted molar refractivity (Wildman–Crippen MR) is 110 cm³/mol. The highest BCUT2D eigenvalue weighted by Crippen LogP contribution is 2.54. The lowest BCUT2D eigenvalue weighted by molar-refractivity contribution is -0.137. The fourth-order valence-corrected chi connectivity index (χ4v) is 6.60. The first-order chi connectivity index (χ1) is 13.9. The van der Waals surface area contributed by atoms with Crippen LogP contribution in [0.4, 0.5) is 13.2 Å². The molecule has 3 rings (SSSR count). The molecule has 1 aromatic rings. The Balaban J connectivity index is 1.61. The van der Waals surface area contributed by atoms with Gasteiger partial charge in [-0.15, -0.1) is 0 Å². The Kier molecular flexibility index (Phi) is 6.77. The van der Waals surface area contributed by atoms with Crippen molar-refractivity contribution in [2.75, 3.05) is 18.1 Å². The van der Waals surface area contributed by atoms with Crippen LogP contribution in [0.3, 0.4) is 0 Å². The molecule has 2 fully saturated rings. The number of halogens is 4. The number of hydrogen-bond donors (Lipinski definition) is 1. The molecular formula is C21H27ClF3NO3S. The Hall–Kier alpha value is -1.28. The third-order valence-electron chi connectivity index (χ3n) is 6.03. The van der Waals surface area contributed by atoms with Crippen LogP contribution >= 0.6 is 11.6 Å². The van der Waals surface area contributed by atoms with Crippen molar-refractivity contribution < 1.29 is 26.4 Å².